The molecule has 7 nitrogen and oxygen atoms in total. The van der Waals surface area contributed by atoms with Gasteiger partial charge < -0.3 is 19.1 Å². The van der Waals surface area contributed by atoms with Crippen molar-refractivity contribution in [1.29, 1.82) is 0 Å². The van der Waals surface area contributed by atoms with Gasteiger partial charge in [0.05, 0.1) is 11.5 Å². The number of ether oxygens (including phenoxy) is 3. The highest BCUT2D eigenvalue weighted by molar-refractivity contribution is 5.57. The molecular formula is C21H24N2O5. The molecule has 7 heteroatoms. The summed E-state index contributed by atoms with van der Waals surface area (Å²) in [6.45, 7) is 2.32. The van der Waals surface area contributed by atoms with Crippen LogP contribution < -0.4 is 9.47 Å². The number of hydrogen-bond donors (Lipinski definition) is 0. The number of para-hydroxylation sites is 1. The van der Waals surface area contributed by atoms with Gasteiger partial charge in [0.2, 0.25) is 0 Å². The molecule has 28 heavy (non-hydrogen) atoms. The lowest BCUT2D eigenvalue weighted by molar-refractivity contribution is -0.386. The second-order valence-corrected chi connectivity index (χ2v) is 7.33. The van der Waals surface area contributed by atoms with Crippen molar-refractivity contribution in [3.63, 3.8) is 0 Å². The van der Waals surface area contributed by atoms with Crippen LogP contribution in [0.2, 0.25) is 0 Å². The molecule has 2 aromatic rings. The van der Waals surface area contributed by atoms with Crippen molar-refractivity contribution < 1.29 is 19.1 Å². The summed E-state index contributed by atoms with van der Waals surface area (Å²) in [5.74, 6) is 1.27. The number of nitro benzene ring substituents is 1. The number of likely N-dealkylation sites (N-methyl/N-ethyl adjacent to an activating group) is 1. The first-order chi connectivity index (χ1) is 13.6. The summed E-state index contributed by atoms with van der Waals surface area (Å²) in [7, 11) is 3.58. The number of benzene rings is 2. The molecule has 0 N–H and O–H groups in total. The van der Waals surface area contributed by atoms with E-state index in [0.717, 1.165) is 48.4 Å². The van der Waals surface area contributed by atoms with Crippen molar-refractivity contribution in [3.05, 3.63) is 62.7 Å². The van der Waals surface area contributed by atoms with Crippen LogP contribution in [0.1, 0.15) is 28.2 Å². The van der Waals surface area contributed by atoms with E-state index in [1.807, 2.05) is 6.07 Å². The maximum Gasteiger partial charge on any atom is 0.311 e. The highest BCUT2D eigenvalue weighted by Crippen LogP contribution is 2.43. The van der Waals surface area contributed by atoms with Gasteiger partial charge >= 0.3 is 5.69 Å². The monoisotopic (exact) mass is 384 g/mol. The molecule has 0 saturated carbocycles. The summed E-state index contributed by atoms with van der Waals surface area (Å²) in [6, 6.07) is 9.77. The number of nitro groups is 1. The molecule has 0 spiro atoms. The Bertz CT molecular complexity index is 899. The van der Waals surface area contributed by atoms with Crippen LogP contribution in [-0.4, -0.2) is 50.5 Å². The summed E-state index contributed by atoms with van der Waals surface area (Å²) >= 11 is 0. The Morgan fingerprint density at radius 2 is 2.11 bits per heavy atom. The average molecular weight is 384 g/mol. The number of hydrogen-bond acceptors (Lipinski definition) is 6. The van der Waals surface area contributed by atoms with Crippen molar-refractivity contribution in [1.82, 2.24) is 4.90 Å². The van der Waals surface area contributed by atoms with Crippen molar-refractivity contribution in [2.45, 2.75) is 18.8 Å². The SMILES string of the molecule is COCOc1cc2c(cc1[N+](=O)[O-])CCN(C)CC2c1cccc2c1OCC2. The van der Waals surface area contributed by atoms with Gasteiger partial charge in [0, 0.05) is 44.2 Å². The fraction of sp³-hybridized carbons (Fsp3) is 0.429. The summed E-state index contributed by atoms with van der Waals surface area (Å²) in [5.41, 5.74) is 4.39. The predicted octanol–water partition coefficient (Wildman–Crippen LogP) is 3.13. The standard InChI is InChI=1S/C21H24N2O5/c1-22-8-6-15-10-19(23(24)25)20(28-13-26-2)11-17(15)18(12-22)16-5-3-4-14-7-9-27-21(14)16/h3-5,10-11,18H,6-9,12-13H2,1-2H3. The van der Waals surface area contributed by atoms with E-state index in [-0.39, 0.29) is 24.1 Å². The van der Waals surface area contributed by atoms with Crippen LogP contribution in [0, 0.1) is 10.1 Å². The van der Waals surface area contributed by atoms with Crippen LogP contribution >= 0.6 is 0 Å². The van der Waals surface area contributed by atoms with E-state index in [1.165, 1.54) is 12.7 Å². The molecule has 1 unspecified atom stereocenters. The molecule has 148 valence electrons. The minimum Gasteiger partial charge on any atom is -0.493 e. The maximum atomic E-state index is 11.6. The molecule has 2 heterocycles. The van der Waals surface area contributed by atoms with E-state index < -0.39 is 4.92 Å². The fourth-order valence-corrected chi connectivity index (χ4v) is 4.14. The first-order valence-corrected chi connectivity index (χ1v) is 9.44. The zero-order valence-corrected chi connectivity index (χ0v) is 16.1. The first kappa shape index (κ1) is 18.7. The van der Waals surface area contributed by atoms with Crippen LogP contribution in [0.25, 0.3) is 0 Å². The third kappa shape index (κ3) is 3.43. The number of methoxy groups -OCH3 is 1. The molecule has 2 aliphatic heterocycles. The molecule has 0 aliphatic carbocycles. The second kappa shape index (κ2) is 7.77. The molecule has 2 aliphatic rings. The summed E-state index contributed by atoms with van der Waals surface area (Å²) in [6.07, 6.45) is 1.67. The van der Waals surface area contributed by atoms with Crippen molar-refractivity contribution >= 4 is 5.69 Å². The minimum absolute atomic E-state index is 0.0198. The van der Waals surface area contributed by atoms with Gasteiger partial charge in [-0.15, -0.1) is 0 Å². The van der Waals surface area contributed by atoms with E-state index in [4.69, 9.17) is 14.2 Å². The molecule has 0 bridgehead atoms. The zero-order chi connectivity index (χ0) is 19.7. The van der Waals surface area contributed by atoms with Gasteiger partial charge in [-0.25, -0.2) is 0 Å². The molecule has 0 radical (unpaired) electrons. The Kier molecular flexibility index (Phi) is 5.19. The Labute approximate surface area is 164 Å². The lowest BCUT2D eigenvalue weighted by Gasteiger charge is -2.24. The van der Waals surface area contributed by atoms with Gasteiger partial charge in [0.25, 0.3) is 0 Å². The quantitative estimate of drug-likeness (QED) is 0.448. The van der Waals surface area contributed by atoms with Crippen molar-refractivity contribution in [2.24, 2.45) is 0 Å². The summed E-state index contributed by atoms with van der Waals surface area (Å²) in [5, 5.41) is 11.6. The van der Waals surface area contributed by atoms with Gasteiger partial charge in [0.15, 0.2) is 12.5 Å². The van der Waals surface area contributed by atoms with E-state index in [2.05, 4.69) is 30.1 Å². The van der Waals surface area contributed by atoms with Gasteiger partial charge in [-0.05, 0) is 36.2 Å². The number of nitrogens with zero attached hydrogens (tertiary/aromatic N) is 2. The van der Waals surface area contributed by atoms with E-state index >= 15 is 0 Å². The Morgan fingerprint density at radius 3 is 2.89 bits per heavy atom. The van der Waals surface area contributed by atoms with E-state index in [9.17, 15) is 10.1 Å². The van der Waals surface area contributed by atoms with Crippen LogP contribution in [0.3, 0.4) is 0 Å². The molecular weight excluding hydrogens is 360 g/mol. The Balaban J connectivity index is 1.85. The molecule has 0 amide bonds. The number of rotatable bonds is 5. The lowest BCUT2D eigenvalue weighted by atomic mass is 9.86. The minimum atomic E-state index is -0.391. The van der Waals surface area contributed by atoms with Gasteiger partial charge in [-0.3, -0.25) is 10.1 Å². The van der Waals surface area contributed by atoms with Crippen molar-refractivity contribution in [2.75, 3.05) is 40.6 Å². The molecule has 0 saturated heterocycles. The highest BCUT2D eigenvalue weighted by atomic mass is 16.7. The van der Waals surface area contributed by atoms with Crippen LogP contribution in [0.4, 0.5) is 5.69 Å². The normalized spacial score (nSPS) is 18.7. The molecule has 4 rings (SSSR count). The van der Waals surface area contributed by atoms with Gasteiger partial charge in [0.1, 0.15) is 5.75 Å². The Morgan fingerprint density at radius 1 is 1.25 bits per heavy atom. The predicted molar refractivity (Wildman–Crippen MR) is 104 cm³/mol. The molecule has 0 fully saturated rings. The maximum absolute atomic E-state index is 11.6. The van der Waals surface area contributed by atoms with Crippen LogP contribution in [0.15, 0.2) is 30.3 Å². The third-order valence-corrected chi connectivity index (χ3v) is 5.50. The molecule has 1 atom stereocenters. The molecule has 0 aromatic heterocycles. The third-order valence-electron chi connectivity index (χ3n) is 5.50. The Hall–Kier alpha value is -2.64. The van der Waals surface area contributed by atoms with E-state index in [1.54, 1.807) is 6.07 Å². The molecule has 2 aromatic carbocycles. The summed E-state index contributed by atoms with van der Waals surface area (Å²) < 4.78 is 16.5. The lowest BCUT2D eigenvalue weighted by Crippen LogP contribution is -2.24. The fourth-order valence-electron chi connectivity index (χ4n) is 4.14. The van der Waals surface area contributed by atoms with Gasteiger partial charge in [-0.1, -0.05) is 18.2 Å². The van der Waals surface area contributed by atoms with Gasteiger partial charge in [-0.2, -0.15) is 0 Å². The average Bonchev–Trinajstić information content (AvgIpc) is 3.11. The smallest absolute Gasteiger partial charge is 0.311 e. The topological polar surface area (TPSA) is 74.1 Å². The second-order valence-electron chi connectivity index (χ2n) is 7.33. The highest BCUT2D eigenvalue weighted by Gasteiger charge is 2.31. The van der Waals surface area contributed by atoms with Crippen LogP contribution in [-0.2, 0) is 17.6 Å². The number of fused-ring (bicyclic) bond motifs is 2. The van der Waals surface area contributed by atoms with Crippen LogP contribution in [0.5, 0.6) is 11.5 Å². The van der Waals surface area contributed by atoms with E-state index in [0.29, 0.717) is 6.61 Å². The summed E-state index contributed by atoms with van der Waals surface area (Å²) in [4.78, 5) is 13.5. The largest absolute Gasteiger partial charge is 0.493 e. The first-order valence-electron chi connectivity index (χ1n) is 9.44. The zero-order valence-electron chi connectivity index (χ0n) is 16.1. The van der Waals surface area contributed by atoms with Crippen molar-refractivity contribution in [3.8, 4) is 11.5 Å².